The van der Waals surface area contributed by atoms with Gasteiger partial charge in [-0.05, 0) is 12.1 Å². The van der Waals surface area contributed by atoms with E-state index in [4.69, 9.17) is 26.6 Å². The number of benzene rings is 1. The third-order valence-electron chi connectivity index (χ3n) is 1.24. The highest BCUT2D eigenvalue weighted by Crippen LogP contribution is 2.15. The Hall–Kier alpha value is -0.750. The molecule has 17 heavy (non-hydrogen) atoms. The molecule has 0 aliphatic carbocycles. The van der Waals surface area contributed by atoms with E-state index in [0.717, 1.165) is 5.52 Å². The molecule has 0 saturated carbocycles. The van der Waals surface area contributed by atoms with Crippen LogP contribution in [0, 0.1) is 0 Å². The SMILES string of the molecule is O=S(O)O.O=S(O)O.c1ccc2scnc2c1. The largest absolute Gasteiger partial charge is 0.299 e. The van der Waals surface area contributed by atoms with Crippen LogP contribution >= 0.6 is 11.3 Å². The Bertz CT molecular complexity index is 437. The maximum atomic E-state index is 8.67. The summed E-state index contributed by atoms with van der Waals surface area (Å²) >= 11 is -3.55. The van der Waals surface area contributed by atoms with Crippen LogP contribution in [0.4, 0.5) is 0 Å². The Morgan fingerprint density at radius 2 is 1.47 bits per heavy atom. The number of aromatic nitrogens is 1. The van der Waals surface area contributed by atoms with Crippen molar-refractivity contribution in [2.45, 2.75) is 0 Å². The first kappa shape index (κ1) is 16.2. The molecule has 0 radical (unpaired) electrons. The summed E-state index contributed by atoms with van der Waals surface area (Å²) < 4.78 is 46.9. The van der Waals surface area contributed by atoms with Crippen molar-refractivity contribution in [1.29, 1.82) is 0 Å². The molecule has 0 amide bonds. The molecule has 1 aromatic heterocycles. The number of hydrogen-bond acceptors (Lipinski definition) is 4. The van der Waals surface area contributed by atoms with Gasteiger partial charge in [-0.25, -0.2) is 4.98 Å². The van der Waals surface area contributed by atoms with Crippen molar-refractivity contribution in [2.24, 2.45) is 0 Å². The van der Waals surface area contributed by atoms with Crippen molar-refractivity contribution >= 4 is 44.3 Å². The van der Waals surface area contributed by atoms with Crippen molar-refractivity contribution in [3.63, 3.8) is 0 Å². The lowest BCUT2D eigenvalue weighted by Crippen LogP contribution is -1.74. The fraction of sp³-hybridized carbons (Fsp3) is 0. The molecule has 7 nitrogen and oxygen atoms in total. The molecule has 0 fully saturated rings. The van der Waals surface area contributed by atoms with E-state index in [1.165, 1.54) is 4.70 Å². The van der Waals surface area contributed by atoms with Crippen molar-refractivity contribution in [3.8, 4) is 0 Å². The molecule has 0 saturated heterocycles. The molecule has 2 aromatic rings. The molecule has 0 spiro atoms. The van der Waals surface area contributed by atoms with Crippen LogP contribution in [0.3, 0.4) is 0 Å². The average Bonchev–Trinajstić information content (AvgIpc) is 2.62. The Labute approximate surface area is 106 Å². The minimum atomic E-state index is -2.61. The quantitative estimate of drug-likeness (QED) is 0.544. The zero-order valence-corrected chi connectivity index (χ0v) is 10.6. The van der Waals surface area contributed by atoms with Gasteiger partial charge in [-0.2, -0.15) is 8.42 Å². The molecule has 1 heterocycles. The van der Waals surface area contributed by atoms with Crippen molar-refractivity contribution in [1.82, 2.24) is 4.98 Å². The third kappa shape index (κ3) is 10.1. The van der Waals surface area contributed by atoms with Gasteiger partial charge in [-0.1, -0.05) is 12.1 Å². The molecule has 0 bridgehead atoms. The predicted molar refractivity (Wildman–Crippen MR) is 66.4 cm³/mol. The summed E-state index contributed by atoms with van der Waals surface area (Å²) in [4.78, 5) is 4.14. The summed E-state index contributed by atoms with van der Waals surface area (Å²) in [6, 6.07) is 8.13. The highest BCUT2D eigenvalue weighted by molar-refractivity contribution is 7.73. The molecule has 1 aromatic carbocycles. The first-order valence-corrected chi connectivity index (χ1v) is 6.82. The van der Waals surface area contributed by atoms with Crippen molar-refractivity contribution in [3.05, 3.63) is 29.8 Å². The summed E-state index contributed by atoms with van der Waals surface area (Å²) in [5.74, 6) is 0. The summed E-state index contributed by atoms with van der Waals surface area (Å²) in [6.07, 6.45) is 0. The van der Waals surface area contributed by atoms with Gasteiger partial charge < -0.3 is 0 Å². The Kier molecular flexibility index (Phi) is 8.89. The van der Waals surface area contributed by atoms with Gasteiger partial charge in [0.05, 0.1) is 15.7 Å². The third-order valence-corrected chi connectivity index (χ3v) is 2.05. The minimum absolute atomic E-state index is 1.10. The van der Waals surface area contributed by atoms with Crippen LogP contribution in [0.1, 0.15) is 0 Å². The Morgan fingerprint density at radius 1 is 1.00 bits per heavy atom. The van der Waals surface area contributed by atoms with Crippen molar-refractivity contribution < 1.29 is 26.6 Å². The number of hydrogen-bond donors (Lipinski definition) is 4. The molecular weight excluding hydrogens is 290 g/mol. The number of fused-ring (bicyclic) bond motifs is 1. The fourth-order valence-electron chi connectivity index (χ4n) is 0.803. The van der Waals surface area contributed by atoms with E-state index >= 15 is 0 Å². The van der Waals surface area contributed by atoms with Gasteiger partial charge in [0.25, 0.3) is 22.7 Å². The number of nitrogens with zero attached hydrogens (tertiary/aromatic N) is 1. The van der Waals surface area contributed by atoms with Crippen LogP contribution in [-0.4, -0.2) is 31.6 Å². The maximum absolute atomic E-state index is 8.67. The van der Waals surface area contributed by atoms with Gasteiger partial charge in [-0.3, -0.25) is 18.2 Å². The van der Waals surface area contributed by atoms with Gasteiger partial charge >= 0.3 is 0 Å². The zero-order valence-electron chi connectivity index (χ0n) is 8.16. The molecule has 2 rings (SSSR count). The molecule has 0 atom stereocenters. The molecule has 0 unspecified atom stereocenters. The smallest absolute Gasteiger partial charge is 0.284 e. The first-order valence-electron chi connectivity index (χ1n) is 3.81. The highest BCUT2D eigenvalue weighted by atomic mass is 32.2. The van der Waals surface area contributed by atoms with Crippen LogP contribution in [-0.2, 0) is 22.7 Å². The second kappa shape index (κ2) is 9.30. The summed E-state index contributed by atoms with van der Waals surface area (Å²) in [5, 5.41) is 0. The lowest BCUT2D eigenvalue weighted by Gasteiger charge is -1.80. The Balaban J connectivity index is 0.000000274. The second-order valence-electron chi connectivity index (χ2n) is 2.28. The monoisotopic (exact) mass is 299 g/mol. The molecule has 10 heteroatoms. The van der Waals surface area contributed by atoms with Crippen LogP contribution in [0.5, 0.6) is 0 Å². The van der Waals surface area contributed by atoms with Crippen LogP contribution in [0.25, 0.3) is 10.2 Å². The number of para-hydroxylation sites is 1. The van der Waals surface area contributed by atoms with E-state index in [2.05, 4.69) is 11.1 Å². The molecule has 0 aliphatic heterocycles. The van der Waals surface area contributed by atoms with Gasteiger partial charge in [0.1, 0.15) is 0 Å². The molecular formula is C7H9NO6S3. The summed E-state index contributed by atoms with van der Waals surface area (Å²) in [5.41, 5.74) is 2.97. The molecule has 96 valence electrons. The van der Waals surface area contributed by atoms with E-state index in [9.17, 15) is 0 Å². The van der Waals surface area contributed by atoms with E-state index in [1.54, 1.807) is 11.3 Å². The van der Waals surface area contributed by atoms with Crippen LogP contribution in [0.15, 0.2) is 29.8 Å². The second-order valence-corrected chi connectivity index (χ2v) is 4.09. The average molecular weight is 299 g/mol. The summed E-state index contributed by atoms with van der Waals surface area (Å²) in [6.45, 7) is 0. The lowest BCUT2D eigenvalue weighted by molar-refractivity contribution is 0.452. The topological polar surface area (TPSA) is 128 Å². The maximum Gasteiger partial charge on any atom is 0.299 e. The molecule has 0 aliphatic rings. The van der Waals surface area contributed by atoms with E-state index in [1.807, 2.05) is 23.7 Å². The highest BCUT2D eigenvalue weighted by Gasteiger charge is 1.89. The summed E-state index contributed by atoms with van der Waals surface area (Å²) in [7, 11) is 0. The fourth-order valence-corrected chi connectivity index (χ4v) is 1.48. The normalized spacial score (nSPS) is 9.53. The number of thiazole rings is 1. The number of rotatable bonds is 0. The van der Waals surface area contributed by atoms with Crippen molar-refractivity contribution in [2.75, 3.05) is 0 Å². The van der Waals surface area contributed by atoms with Gasteiger partial charge in [0.15, 0.2) is 0 Å². The van der Waals surface area contributed by atoms with Gasteiger partial charge in [0.2, 0.25) is 0 Å². The minimum Gasteiger partial charge on any atom is -0.284 e. The van der Waals surface area contributed by atoms with E-state index in [-0.39, 0.29) is 0 Å². The van der Waals surface area contributed by atoms with E-state index < -0.39 is 22.7 Å². The molecule has 4 N–H and O–H groups in total. The lowest BCUT2D eigenvalue weighted by atomic mass is 10.3. The van der Waals surface area contributed by atoms with Gasteiger partial charge in [-0.15, -0.1) is 11.3 Å². The Morgan fingerprint density at radius 3 is 1.94 bits per heavy atom. The predicted octanol–water partition coefficient (Wildman–Crippen LogP) is 1.66. The standard InChI is InChI=1S/C7H5NS.2H2O3S/c1-2-4-7-6(3-1)8-5-9-7;2*1-4(2)3/h1-5H;2*(H2,1,2,3). The zero-order chi connectivity index (χ0) is 13.3. The van der Waals surface area contributed by atoms with Crippen LogP contribution in [0.2, 0.25) is 0 Å². The van der Waals surface area contributed by atoms with E-state index in [0.29, 0.717) is 0 Å². The van der Waals surface area contributed by atoms with Gasteiger partial charge in [0, 0.05) is 0 Å². The first-order chi connectivity index (χ1) is 7.93. The van der Waals surface area contributed by atoms with Crippen LogP contribution < -0.4 is 0 Å².